The molecule has 2 fully saturated rings. The van der Waals surface area contributed by atoms with E-state index in [1.807, 2.05) is 0 Å². The number of nitrogens with zero attached hydrogens (tertiary/aromatic N) is 1. The molecule has 1 aromatic rings. The van der Waals surface area contributed by atoms with Gasteiger partial charge in [-0.3, -0.25) is 19.2 Å². The summed E-state index contributed by atoms with van der Waals surface area (Å²) in [5, 5.41) is 22.8. The summed E-state index contributed by atoms with van der Waals surface area (Å²) in [5.74, 6) is -3.91. The number of halogens is 2. The Morgan fingerprint density at radius 1 is 0.921 bits per heavy atom. The molecular weight excluding hydrogens is 531 g/mol. The molecule has 2 amide bonds. The predicted octanol–water partition coefficient (Wildman–Crippen LogP) is 5.19. The number of carbonyl (C=O) groups excluding carboxylic acids is 2. The third-order valence-corrected chi connectivity index (χ3v) is 8.49. The van der Waals surface area contributed by atoms with E-state index in [9.17, 15) is 29.4 Å². The van der Waals surface area contributed by atoms with Crippen molar-refractivity contribution in [1.82, 2.24) is 10.2 Å². The number of nitrogens with one attached hydrogen (secondary N) is 1. The second-order valence-electron chi connectivity index (χ2n) is 10.6. The third kappa shape index (κ3) is 8.87. The van der Waals surface area contributed by atoms with E-state index in [0.29, 0.717) is 35.7 Å². The zero-order valence-corrected chi connectivity index (χ0v) is 23.2. The lowest BCUT2D eigenvalue weighted by molar-refractivity contribution is -0.149. The summed E-state index contributed by atoms with van der Waals surface area (Å²) in [5.41, 5.74) is 0.781. The zero-order chi connectivity index (χ0) is 27.7. The van der Waals surface area contributed by atoms with Crippen molar-refractivity contribution in [3.05, 3.63) is 33.8 Å². The van der Waals surface area contributed by atoms with Gasteiger partial charge in [-0.05, 0) is 49.3 Å². The SMILES string of the molecule is O=C(O)CCN(CCc1ccc(Cl)cc1Cl)C(=O)C(CC1CCCCC1)NC(=O)C1CCCCC1C(=O)O. The van der Waals surface area contributed by atoms with Crippen LogP contribution in [0.2, 0.25) is 10.0 Å². The average molecular weight is 570 g/mol. The van der Waals surface area contributed by atoms with Crippen LogP contribution in [0.3, 0.4) is 0 Å². The van der Waals surface area contributed by atoms with Crippen LogP contribution in [0.1, 0.15) is 76.2 Å². The molecule has 8 nitrogen and oxygen atoms in total. The third-order valence-electron chi connectivity index (χ3n) is 7.90. The molecule has 2 aliphatic rings. The molecule has 1 aromatic carbocycles. The first kappa shape index (κ1) is 30.2. The van der Waals surface area contributed by atoms with Gasteiger partial charge in [0.15, 0.2) is 0 Å². The van der Waals surface area contributed by atoms with E-state index in [0.717, 1.165) is 50.5 Å². The summed E-state index contributed by atoms with van der Waals surface area (Å²) in [7, 11) is 0. The highest BCUT2D eigenvalue weighted by Crippen LogP contribution is 2.32. The van der Waals surface area contributed by atoms with Crippen LogP contribution in [-0.2, 0) is 25.6 Å². The van der Waals surface area contributed by atoms with Crippen molar-refractivity contribution >= 4 is 47.0 Å². The second-order valence-corrected chi connectivity index (χ2v) is 11.4. The molecule has 0 aliphatic heterocycles. The van der Waals surface area contributed by atoms with Crippen LogP contribution >= 0.6 is 23.2 Å². The number of amides is 2. The maximum Gasteiger partial charge on any atom is 0.307 e. The number of carboxylic acid groups (broad SMARTS) is 2. The van der Waals surface area contributed by atoms with Crippen molar-refractivity contribution in [1.29, 1.82) is 0 Å². The molecule has 210 valence electrons. The van der Waals surface area contributed by atoms with Crippen LogP contribution in [0.4, 0.5) is 0 Å². The topological polar surface area (TPSA) is 124 Å². The van der Waals surface area contributed by atoms with Gasteiger partial charge < -0.3 is 20.4 Å². The van der Waals surface area contributed by atoms with Crippen LogP contribution in [0, 0.1) is 17.8 Å². The van der Waals surface area contributed by atoms with E-state index in [1.165, 1.54) is 4.90 Å². The quantitative estimate of drug-likeness (QED) is 0.319. The van der Waals surface area contributed by atoms with E-state index in [1.54, 1.807) is 18.2 Å². The van der Waals surface area contributed by atoms with Crippen molar-refractivity contribution in [2.45, 2.75) is 83.1 Å². The summed E-state index contributed by atoms with van der Waals surface area (Å²) in [4.78, 5) is 51.9. The summed E-state index contributed by atoms with van der Waals surface area (Å²) >= 11 is 12.3. The van der Waals surface area contributed by atoms with Crippen LogP contribution in [0.25, 0.3) is 0 Å². The highest BCUT2D eigenvalue weighted by Gasteiger charge is 2.38. The van der Waals surface area contributed by atoms with Crippen LogP contribution in [-0.4, -0.2) is 58.0 Å². The Morgan fingerprint density at radius 2 is 1.58 bits per heavy atom. The van der Waals surface area contributed by atoms with Gasteiger partial charge in [0.1, 0.15) is 6.04 Å². The number of hydrogen-bond acceptors (Lipinski definition) is 4. The van der Waals surface area contributed by atoms with Crippen LogP contribution in [0.15, 0.2) is 18.2 Å². The Hall–Kier alpha value is -2.32. The molecule has 0 spiro atoms. The lowest BCUT2D eigenvalue weighted by atomic mass is 9.78. The standard InChI is InChI=1S/C28H38Cl2N2O6/c29-20-11-10-19(23(30)17-20)12-14-32(15-13-25(33)34)27(36)24(16-18-6-2-1-3-7-18)31-26(35)21-8-4-5-9-22(21)28(37)38/h10-11,17-18,21-22,24H,1-9,12-16H2,(H,31,35)(H,33,34)(H,37,38). The number of carbonyl (C=O) groups is 4. The molecule has 3 rings (SSSR count). The minimum absolute atomic E-state index is 0.00239. The van der Waals surface area contributed by atoms with Gasteiger partial charge in [-0.15, -0.1) is 0 Å². The minimum Gasteiger partial charge on any atom is -0.481 e. The van der Waals surface area contributed by atoms with Crippen LogP contribution in [0.5, 0.6) is 0 Å². The Kier molecular flexibility index (Phi) is 11.7. The Labute approximate surface area is 234 Å². The molecule has 0 radical (unpaired) electrons. The Bertz CT molecular complexity index is 998. The Morgan fingerprint density at radius 3 is 2.21 bits per heavy atom. The van der Waals surface area contributed by atoms with Gasteiger partial charge in [-0.1, -0.05) is 74.2 Å². The smallest absolute Gasteiger partial charge is 0.307 e. The van der Waals surface area contributed by atoms with Gasteiger partial charge in [0.25, 0.3) is 0 Å². The van der Waals surface area contributed by atoms with Crippen LogP contribution < -0.4 is 5.32 Å². The van der Waals surface area contributed by atoms with E-state index in [2.05, 4.69) is 5.32 Å². The van der Waals surface area contributed by atoms with Crippen molar-refractivity contribution in [2.75, 3.05) is 13.1 Å². The van der Waals surface area contributed by atoms with E-state index >= 15 is 0 Å². The first-order valence-electron chi connectivity index (χ1n) is 13.6. The molecule has 3 unspecified atom stereocenters. The summed E-state index contributed by atoms with van der Waals surface area (Å²) in [6.45, 7) is 0.225. The fourth-order valence-corrected chi connectivity index (χ4v) is 6.26. The van der Waals surface area contributed by atoms with E-state index < -0.39 is 35.7 Å². The molecule has 3 N–H and O–H groups in total. The molecule has 0 heterocycles. The normalized spacial score (nSPS) is 20.9. The summed E-state index contributed by atoms with van der Waals surface area (Å²) < 4.78 is 0. The monoisotopic (exact) mass is 568 g/mol. The predicted molar refractivity (Wildman–Crippen MR) is 145 cm³/mol. The molecule has 0 saturated heterocycles. The molecule has 10 heteroatoms. The summed E-state index contributed by atoms with van der Waals surface area (Å²) in [6, 6.07) is 4.27. The number of hydrogen-bond donors (Lipinski definition) is 3. The minimum atomic E-state index is -1.02. The van der Waals surface area contributed by atoms with Gasteiger partial charge in [0.05, 0.1) is 18.3 Å². The second kappa shape index (κ2) is 14.7. The van der Waals surface area contributed by atoms with Crippen molar-refractivity contribution in [2.24, 2.45) is 17.8 Å². The van der Waals surface area contributed by atoms with E-state index in [-0.39, 0.29) is 31.3 Å². The average Bonchev–Trinajstić information content (AvgIpc) is 2.89. The number of aliphatic carboxylic acids is 2. The summed E-state index contributed by atoms with van der Waals surface area (Å²) in [6.07, 6.45) is 8.32. The highest BCUT2D eigenvalue weighted by atomic mass is 35.5. The molecule has 2 aliphatic carbocycles. The van der Waals surface area contributed by atoms with E-state index in [4.69, 9.17) is 23.2 Å². The molecule has 3 atom stereocenters. The highest BCUT2D eigenvalue weighted by molar-refractivity contribution is 6.35. The lowest BCUT2D eigenvalue weighted by Crippen LogP contribution is -2.53. The molecule has 38 heavy (non-hydrogen) atoms. The fraction of sp³-hybridized carbons (Fsp3) is 0.643. The van der Waals surface area contributed by atoms with Crippen molar-refractivity contribution in [3.63, 3.8) is 0 Å². The van der Waals surface area contributed by atoms with Crippen molar-refractivity contribution in [3.8, 4) is 0 Å². The maximum atomic E-state index is 13.9. The first-order chi connectivity index (χ1) is 18.2. The number of carboxylic acids is 2. The maximum absolute atomic E-state index is 13.9. The largest absolute Gasteiger partial charge is 0.481 e. The van der Waals surface area contributed by atoms with Crippen molar-refractivity contribution < 1.29 is 29.4 Å². The fourth-order valence-electron chi connectivity index (χ4n) is 5.76. The lowest BCUT2D eigenvalue weighted by Gasteiger charge is -2.33. The molecular formula is C28H38Cl2N2O6. The molecule has 2 saturated carbocycles. The van der Waals surface area contributed by atoms with Gasteiger partial charge in [0, 0.05) is 23.1 Å². The molecule has 0 aromatic heterocycles. The first-order valence-corrected chi connectivity index (χ1v) is 14.4. The molecule has 0 bridgehead atoms. The van der Waals surface area contributed by atoms with Gasteiger partial charge in [0.2, 0.25) is 11.8 Å². The Balaban J connectivity index is 1.79. The zero-order valence-electron chi connectivity index (χ0n) is 21.7. The number of benzene rings is 1. The van der Waals surface area contributed by atoms with Gasteiger partial charge >= 0.3 is 11.9 Å². The number of rotatable bonds is 12. The van der Waals surface area contributed by atoms with Gasteiger partial charge in [-0.2, -0.15) is 0 Å². The van der Waals surface area contributed by atoms with Gasteiger partial charge in [-0.25, -0.2) is 0 Å².